The Balaban J connectivity index is 1.55. The highest BCUT2D eigenvalue weighted by Gasteiger charge is 2.17. The third-order valence-electron chi connectivity index (χ3n) is 3.88. The fourth-order valence-corrected chi connectivity index (χ4v) is 3.08. The quantitative estimate of drug-likeness (QED) is 0.626. The lowest BCUT2D eigenvalue weighted by molar-refractivity contribution is -0.117. The van der Waals surface area contributed by atoms with Gasteiger partial charge in [-0.05, 0) is 48.2 Å². The van der Waals surface area contributed by atoms with Gasteiger partial charge in [-0.2, -0.15) is 0 Å². The fourth-order valence-electron chi connectivity index (χ4n) is 2.45. The van der Waals surface area contributed by atoms with Gasteiger partial charge in [-0.15, -0.1) is 11.3 Å². The van der Waals surface area contributed by atoms with Gasteiger partial charge in [0.25, 0.3) is 5.91 Å². The largest absolute Gasteiger partial charge is 0.489 e. The first-order chi connectivity index (χ1) is 13.5. The highest BCUT2D eigenvalue weighted by Crippen LogP contribution is 2.16. The van der Waals surface area contributed by atoms with E-state index in [1.165, 1.54) is 23.5 Å². The van der Waals surface area contributed by atoms with Gasteiger partial charge in [0.1, 0.15) is 24.2 Å². The Labute approximate surface area is 166 Å². The number of hydrogen-bond acceptors (Lipinski definition) is 4. The number of thiophene rings is 1. The topological polar surface area (TPSA) is 67.4 Å². The van der Waals surface area contributed by atoms with Crippen molar-refractivity contribution in [3.8, 4) is 5.75 Å². The summed E-state index contributed by atoms with van der Waals surface area (Å²) >= 11 is 1.31. The van der Waals surface area contributed by atoms with Crippen molar-refractivity contribution in [3.63, 3.8) is 0 Å². The lowest BCUT2D eigenvalue weighted by Crippen LogP contribution is -2.41. The highest BCUT2D eigenvalue weighted by molar-refractivity contribution is 7.12. The molecule has 7 heteroatoms. The number of amides is 2. The first-order valence-corrected chi connectivity index (χ1v) is 9.52. The second-order valence-electron chi connectivity index (χ2n) is 6.11. The molecule has 0 spiro atoms. The summed E-state index contributed by atoms with van der Waals surface area (Å²) in [6.07, 6.45) is 0. The normalized spacial score (nSPS) is 11.5. The van der Waals surface area contributed by atoms with Crippen molar-refractivity contribution < 1.29 is 18.7 Å². The zero-order valence-corrected chi connectivity index (χ0v) is 16.0. The molecule has 1 aromatic heterocycles. The minimum absolute atomic E-state index is 0.234. The van der Waals surface area contributed by atoms with Crippen LogP contribution in [0, 0.1) is 5.82 Å². The van der Waals surface area contributed by atoms with Crippen molar-refractivity contribution in [2.45, 2.75) is 19.6 Å². The Hall–Kier alpha value is -3.19. The Morgan fingerprint density at radius 2 is 1.93 bits per heavy atom. The van der Waals surface area contributed by atoms with E-state index in [-0.39, 0.29) is 24.2 Å². The molecule has 0 aliphatic heterocycles. The summed E-state index contributed by atoms with van der Waals surface area (Å²) in [5.41, 5.74) is 1.40. The second-order valence-corrected chi connectivity index (χ2v) is 7.06. The highest BCUT2D eigenvalue weighted by atomic mass is 32.1. The smallest absolute Gasteiger partial charge is 0.261 e. The van der Waals surface area contributed by atoms with E-state index in [0.717, 1.165) is 5.56 Å². The van der Waals surface area contributed by atoms with Gasteiger partial charge in [0, 0.05) is 11.8 Å². The molecule has 3 aromatic rings. The number of benzene rings is 2. The van der Waals surface area contributed by atoms with E-state index in [9.17, 15) is 14.0 Å². The summed E-state index contributed by atoms with van der Waals surface area (Å²) in [5.74, 6) is -0.542. The molecule has 5 nitrogen and oxygen atoms in total. The molecule has 0 unspecified atom stereocenters. The average Bonchev–Trinajstić information content (AvgIpc) is 3.22. The summed E-state index contributed by atoms with van der Waals surface area (Å²) < 4.78 is 18.8. The number of halogens is 1. The summed E-state index contributed by atoms with van der Waals surface area (Å²) in [6, 6.07) is 15.8. The Kier molecular flexibility index (Phi) is 6.39. The Morgan fingerprint density at radius 3 is 2.68 bits per heavy atom. The molecule has 0 aliphatic carbocycles. The number of nitrogens with one attached hydrogen (secondary N) is 2. The summed E-state index contributed by atoms with van der Waals surface area (Å²) in [7, 11) is 0. The Bertz CT molecular complexity index is 960. The molecule has 0 aliphatic rings. The van der Waals surface area contributed by atoms with E-state index >= 15 is 0 Å². The monoisotopic (exact) mass is 398 g/mol. The number of anilines is 1. The molecule has 0 radical (unpaired) electrons. The van der Waals surface area contributed by atoms with Gasteiger partial charge in [0.15, 0.2) is 0 Å². The van der Waals surface area contributed by atoms with Crippen molar-refractivity contribution in [2.24, 2.45) is 0 Å². The molecule has 2 amide bonds. The van der Waals surface area contributed by atoms with Crippen molar-refractivity contribution >= 4 is 28.8 Å². The van der Waals surface area contributed by atoms with Gasteiger partial charge in [-0.25, -0.2) is 4.39 Å². The molecule has 1 heterocycles. The third-order valence-corrected chi connectivity index (χ3v) is 4.75. The van der Waals surface area contributed by atoms with Crippen molar-refractivity contribution in [3.05, 3.63) is 82.3 Å². The fraction of sp³-hybridized carbons (Fsp3) is 0.143. The zero-order chi connectivity index (χ0) is 19.9. The molecule has 1 atom stereocenters. The summed E-state index contributed by atoms with van der Waals surface area (Å²) in [4.78, 5) is 24.9. The van der Waals surface area contributed by atoms with Crippen molar-refractivity contribution in [2.75, 3.05) is 5.32 Å². The van der Waals surface area contributed by atoms with Gasteiger partial charge in [0.2, 0.25) is 5.91 Å². The van der Waals surface area contributed by atoms with Crippen LogP contribution in [0.5, 0.6) is 5.75 Å². The van der Waals surface area contributed by atoms with Crippen LogP contribution in [0.15, 0.2) is 66.0 Å². The van der Waals surface area contributed by atoms with Crippen LogP contribution in [0.2, 0.25) is 0 Å². The molecule has 2 aromatic carbocycles. The van der Waals surface area contributed by atoms with Crippen molar-refractivity contribution in [1.29, 1.82) is 0 Å². The van der Waals surface area contributed by atoms with Crippen LogP contribution in [0.3, 0.4) is 0 Å². The second kappa shape index (κ2) is 9.14. The molecule has 3 rings (SSSR count). The van der Waals surface area contributed by atoms with Gasteiger partial charge < -0.3 is 15.4 Å². The van der Waals surface area contributed by atoms with E-state index in [1.54, 1.807) is 54.8 Å². The van der Waals surface area contributed by atoms with E-state index in [1.807, 2.05) is 6.07 Å². The molecule has 144 valence electrons. The number of rotatable bonds is 7. The predicted molar refractivity (Wildman–Crippen MR) is 107 cm³/mol. The van der Waals surface area contributed by atoms with Crippen LogP contribution in [-0.2, 0) is 11.4 Å². The molecule has 0 fully saturated rings. The van der Waals surface area contributed by atoms with E-state index in [0.29, 0.717) is 16.3 Å². The van der Waals surface area contributed by atoms with Crippen LogP contribution < -0.4 is 15.4 Å². The molecule has 28 heavy (non-hydrogen) atoms. The standard InChI is InChI=1S/C21H19FN2O3S/c1-14(23-21(26)19-9-4-10-28-19)20(25)24-17-7-2-5-15(11-17)13-27-18-8-3-6-16(22)12-18/h2-12,14H,13H2,1H3,(H,23,26)(H,24,25)/t14-/m0/s1. The van der Waals surface area contributed by atoms with Crippen LogP contribution in [0.4, 0.5) is 10.1 Å². The summed E-state index contributed by atoms with van der Waals surface area (Å²) in [5, 5.41) is 7.24. The third kappa shape index (κ3) is 5.40. The number of carbonyl (C=O) groups excluding carboxylic acids is 2. The van der Waals surface area contributed by atoms with Crippen molar-refractivity contribution in [1.82, 2.24) is 5.32 Å². The van der Waals surface area contributed by atoms with Gasteiger partial charge in [-0.3, -0.25) is 9.59 Å². The summed E-state index contributed by atoms with van der Waals surface area (Å²) in [6.45, 7) is 1.86. The number of carbonyl (C=O) groups is 2. The lowest BCUT2D eigenvalue weighted by atomic mass is 10.2. The molecule has 0 saturated heterocycles. The number of ether oxygens (including phenoxy) is 1. The molecular formula is C21H19FN2O3S. The van der Waals surface area contributed by atoms with Crippen LogP contribution in [0.1, 0.15) is 22.2 Å². The van der Waals surface area contributed by atoms with E-state index < -0.39 is 6.04 Å². The van der Waals surface area contributed by atoms with Gasteiger partial charge in [-0.1, -0.05) is 24.3 Å². The molecule has 0 saturated carbocycles. The maximum atomic E-state index is 13.2. The lowest BCUT2D eigenvalue weighted by Gasteiger charge is -2.14. The number of hydrogen-bond donors (Lipinski definition) is 2. The van der Waals surface area contributed by atoms with E-state index in [2.05, 4.69) is 10.6 Å². The molecule has 2 N–H and O–H groups in total. The minimum atomic E-state index is -0.693. The molecular weight excluding hydrogens is 379 g/mol. The van der Waals surface area contributed by atoms with Crippen LogP contribution in [0.25, 0.3) is 0 Å². The maximum absolute atomic E-state index is 13.2. The predicted octanol–water partition coefficient (Wildman–Crippen LogP) is 4.22. The molecule has 0 bridgehead atoms. The maximum Gasteiger partial charge on any atom is 0.261 e. The van der Waals surface area contributed by atoms with Gasteiger partial charge in [0.05, 0.1) is 4.88 Å². The van der Waals surface area contributed by atoms with Crippen LogP contribution in [-0.4, -0.2) is 17.9 Å². The van der Waals surface area contributed by atoms with Gasteiger partial charge >= 0.3 is 0 Å². The first-order valence-electron chi connectivity index (χ1n) is 8.64. The first kappa shape index (κ1) is 19.6. The minimum Gasteiger partial charge on any atom is -0.489 e. The SMILES string of the molecule is C[C@H](NC(=O)c1cccs1)C(=O)Nc1cccc(COc2cccc(F)c2)c1. The Morgan fingerprint density at radius 1 is 1.11 bits per heavy atom. The van der Waals surface area contributed by atoms with E-state index in [4.69, 9.17) is 4.74 Å². The zero-order valence-electron chi connectivity index (χ0n) is 15.1. The average molecular weight is 398 g/mol. The van der Waals surface area contributed by atoms with Crippen LogP contribution >= 0.6 is 11.3 Å².